The molecular weight excluding hydrogens is 382 g/mol. The van der Waals surface area contributed by atoms with Crippen molar-refractivity contribution in [3.8, 4) is 0 Å². The Morgan fingerprint density at radius 1 is 1.17 bits per heavy atom. The number of nitrogens with zero attached hydrogens (tertiary/aromatic N) is 5. The smallest absolute Gasteiger partial charge is 0.253 e. The van der Waals surface area contributed by atoms with Gasteiger partial charge in [0.25, 0.3) is 5.78 Å². The monoisotopic (exact) mass is 407 g/mol. The Morgan fingerprint density at radius 3 is 2.62 bits per heavy atom. The number of allylic oxidation sites excluding steroid dienone is 2. The van der Waals surface area contributed by atoms with Crippen LogP contribution in [0.15, 0.2) is 41.2 Å². The molecule has 3 heterocycles. The minimum absolute atomic E-state index is 0.0497. The van der Waals surface area contributed by atoms with Crippen LogP contribution >= 0.6 is 11.8 Å². The molecule has 7 heteroatoms. The van der Waals surface area contributed by atoms with Crippen molar-refractivity contribution in [3.63, 3.8) is 0 Å². The number of para-hydroxylation sites is 1. The third-order valence-corrected chi connectivity index (χ3v) is 6.68. The number of hydrogen-bond donors (Lipinski definition) is 0. The number of thioether (sulfide) groups is 1. The molecule has 1 aromatic carbocycles. The zero-order valence-corrected chi connectivity index (χ0v) is 18.5. The summed E-state index contributed by atoms with van der Waals surface area (Å²) in [5.74, 6) is 0.914. The molecule has 0 amide bonds. The normalized spacial score (nSPS) is 16.6. The predicted molar refractivity (Wildman–Crippen MR) is 117 cm³/mol. The lowest BCUT2D eigenvalue weighted by molar-refractivity contribution is -0.112. The van der Waals surface area contributed by atoms with Crippen molar-refractivity contribution in [1.82, 2.24) is 19.6 Å². The number of fused-ring (bicyclic) bond motifs is 2. The first-order valence-corrected chi connectivity index (χ1v) is 10.6. The molecule has 0 saturated carbocycles. The summed E-state index contributed by atoms with van der Waals surface area (Å²) >= 11 is 1.35. The van der Waals surface area contributed by atoms with Crippen LogP contribution in [0.5, 0.6) is 0 Å². The highest BCUT2D eigenvalue weighted by Gasteiger charge is 2.38. The lowest BCUT2D eigenvalue weighted by Crippen LogP contribution is -2.24. The van der Waals surface area contributed by atoms with Crippen molar-refractivity contribution in [2.24, 2.45) is 0 Å². The van der Waals surface area contributed by atoms with Crippen LogP contribution < -0.4 is 4.90 Å². The molecule has 29 heavy (non-hydrogen) atoms. The molecule has 0 atom stereocenters. The van der Waals surface area contributed by atoms with Crippen LogP contribution in [0.1, 0.15) is 36.4 Å². The van der Waals surface area contributed by atoms with Crippen LogP contribution in [-0.4, -0.2) is 38.2 Å². The van der Waals surface area contributed by atoms with Gasteiger partial charge in [-0.2, -0.15) is 4.98 Å². The molecule has 3 aromatic rings. The van der Waals surface area contributed by atoms with E-state index in [0.29, 0.717) is 10.9 Å². The van der Waals surface area contributed by atoms with E-state index in [1.165, 1.54) is 17.3 Å². The second-order valence-electron chi connectivity index (χ2n) is 8.00. The number of aromatic nitrogens is 4. The van der Waals surface area contributed by atoms with Crippen LogP contribution in [0.3, 0.4) is 0 Å². The van der Waals surface area contributed by atoms with Crippen molar-refractivity contribution in [2.45, 2.75) is 45.2 Å². The first-order valence-electron chi connectivity index (χ1n) is 9.61. The van der Waals surface area contributed by atoms with E-state index >= 15 is 0 Å². The van der Waals surface area contributed by atoms with Crippen molar-refractivity contribution in [1.29, 1.82) is 0 Å². The zero-order valence-electron chi connectivity index (χ0n) is 17.6. The summed E-state index contributed by atoms with van der Waals surface area (Å²) in [5, 5.41) is 5.09. The number of carbonyl (C=O) groups excluding carboxylic acids is 1. The summed E-state index contributed by atoms with van der Waals surface area (Å²) in [6, 6.07) is 8.30. The summed E-state index contributed by atoms with van der Waals surface area (Å²) < 4.78 is 1.75. The quantitative estimate of drug-likeness (QED) is 0.481. The van der Waals surface area contributed by atoms with Crippen LogP contribution in [0.4, 0.5) is 5.69 Å². The Kier molecular flexibility index (Phi) is 4.73. The van der Waals surface area contributed by atoms with E-state index in [1.807, 2.05) is 40.0 Å². The van der Waals surface area contributed by atoms with E-state index in [9.17, 15) is 4.79 Å². The molecule has 0 fully saturated rings. The highest BCUT2D eigenvalue weighted by molar-refractivity contribution is 7.99. The van der Waals surface area contributed by atoms with Gasteiger partial charge in [0.2, 0.25) is 5.16 Å². The van der Waals surface area contributed by atoms with E-state index in [4.69, 9.17) is 0 Å². The van der Waals surface area contributed by atoms with Gasteiger partial charge in [0.1, 0.15) is 0 Å². The minimum Gasteiger partial charge on any atom is -0.347 e. The minimum atomic E-state index is -0.205. The fourth-order valence-electron chi connectivity index (χ4n) is 3.89. The summed E-state index contributed by atoms with van der Waals surface area (Å²) in [6.07, 6.45) is 1.76. The molecule has 0 spiro atoms. The Hall–Kier alpha value is -2.67. The van der Waals surface area contributed by atoms with E-state index in [0.717, 1.165) is 28.3 Å². The number of rotatable bonds is 4. The molecule has 2 aromatic heterocycles. The fraction of sp³-hybridized carbons (Fsp3) is 0.364. The van der Waals surface area contributed by atoms with Gasteiger partial charge in [-0.1, -0.05) is 43.8 Å². The molecule has 1 aliphatic rings. The molecule has 0 saturated heterocycles. The molecule has 0 aliphatic carbocycles. The molecule has 1 aliphatic heterocycles. The number of likely N-dealkylation sites (N-methyl/N-ethyl adjacent to an activating group) is 1. The summed E-state index contributed by atoms with van der Waals surface area (Å²) in [7, 11) is 2.02. The Balaban J connectivity index is 1.54. The second kappa shape index (κ2) is 6.99. The van der Waals surface area contributed by atoms with Gasteiger partial charge in [-0.05, 0) is 38.0 Å². The average molecular weight is 408 g/mol. The van der Waals surface area contributed by atoms with Crippen molar-refractivity contribution in [2.75, 3.05) is 17.7 Å². The number of aryl methyl sites for hydroxylation is 2. The maximum absolute atomic E-state index is 12.7. The fourth-order valence-corrected chi connectivity index (χ4v) is 4.53. The van der Waals surface area contributed by atoms with E-state index in [2.05, 4.69) is 45.9 Å². The van der Waals surface area contributed by atoms with Crippen LogP contribution in [0.2, 0.25) is 0 Å². The van der Waals surface area contributed by atoms with Crippen molar-refractivity contribution < 1.29 is 4.79 Å². The summed E-state index contributed by atoms with van der Waals surface area (Å²) in [5.41, 5.74) is 6.27. The molecule has 0 unspecified atom stereocenters. The van der Waals surface area contributed by atoms with Gasteiger partial charge < -0.3 is 4.90 Å². The molecule has 0 bridgehead atoms. The third-order valence-electron chi connectivity index (χ3n) is 5.82. The topological polar surface area (TPSA) is 63.4 Å². The van der Waals surface area contributed by atoms with E-state index in [1.54, 1.807) is 10.6 Å². The van der Waals surface area contributed by atoms with Crippen LogP contribution in [-0.2, 0) is 10.2 Å². The predicted octanol–water partition coefficient (Wildman–Crippen LogP) is 4.02. The van der Waals surface area contributed by atoms with Gasteiger partial charge in [-0.15, -0.1) is 5.10 Å². The number of ketones is 1. The molecule has 150 valence electrons. The summed E-state index contributed by atoms with van der Waals surface area (Å²) in [4.78, 5) is 23.8. The highest BCUT2D eigenvalue weighted by atomic mass is 32.2. The van der Waals surface area contributed by atoms with Crippen LogP contribution in [0.25, 0.3) is 5.78 Å². The van der Waals surface area contributed by atoms with Crippen molar-refractivity contribution in [3.05, 3.63) is 58.6 Å². The number of anilines is 1. The van der Waals surface area contributed by atoms with Gasteiger partial charge >= 0.3 is 0 Å². The largest absolute Gasteiger partial charge is 0.347 e. The van der Waals surface area contributed by atoms with Crippen LogP contribution in [0, 0.1) is 20.8 Å². The van der Waals surface area contributed by atoms with E-state index in [-0.39, 0.29) is 17.0 Å². The standard InChI is InChI=1S/C22H25N5OS/c1-13-14(2)23-20-24-21(25-27(20)15(13)3)29-12-16(28)11-19-22(4,5)17-9-7-8-10-18(17)26(19)6/h7-11H,12H2,1-6H3/b19-11+. The Morgan fingerprint density at radius 2 is 1.90 bits per heavy atom. The van der Waals surface area contributed by atoms with Gasteiger partial charge in [0, 0.05) is 41.3 Å². The van der Waals surface area contributed by atoms with Gasteiger partial charge in [0.05, 0.1) is 5.75 Å². The Labute approximate surface area is 175 Å². The lowest BCUT2D eigenvalue weighted by Gasteiger charge is -2.23. The van der Waals surface area contributed by atoms with Crippen molar-refractivity contribution >= 4 is 29.0 Å². The maximum Gasteiger partial charge on any atom is 0.253 e. The first kappa shape index (κ1) is 19.6. The number of hydrogen-bond acceptors (Lipinski definition) is 6. The lowest BCUT2D eigenvalue weighted by atomic mass is 9.83. The number of carbonyl (C=O) groups is 1. The zero-order chi connectivity index (χ0) is 20.9. The Bertz CT molecular complexity index is 1160. The molecule has 0 N–H and O–H groups in total. The number of benzene rings is 1. The van der Waals surface area contributed by atoms with Gasteiger partial charge in [-0.3, -0.25) is 4.79 Å². The first-order chi connectivity index (χ1) is 13.7. The molecule has 4 rings (SSSR count). The molecule has 6 nitrogen and oxygen atoms in total. The van der Waals surface area contributed by atoms with Gasteiger partial charge in [0.15, 0.2) is 5.78 Å². The highest BCUT2D eigenvalue weighted by Crippen LogP contribution is 2.46. The molecule has 0 radical (unpaired) electrons. The molecular formula is C22H25N5OS. The summed E-state index contributed by atoms with van der Waals surface area (Å²) in [6.45, 7) is 10.3. The average Bonchev–Trinajstić information content (AvgIpc) is 3.18. The van der Waals surface area contributed by atoms with E-state index < -0.39 is 0 Å². The van der Waals surface area contributed by atoms with Gasteiger partial charge in [-0.25, -0.2) is 9.50 Å². The SMILES string of the molecule is Cc1nc2nc(SCC(=O)/C=C3/N(C)c4ccccc4C3(C)C)nn2c(C)c1C. The third kappa shape index (κ3) is 3.23. The second-order valence-corrected chi connectivity index (χ2v) is 8.94. The maximum atomic E-state index is 12.7.